The summed E-state index contributed by atoms with van der Waals surface area (Å²) in [6.45, 7) is 5.80. The first-order valence-electron chi connectivity index (χ1n) is 13.4. The number of ether oxygens (including phenoxy) is 1. The third-order valence-electron chi connectivity index (χ3n) is 8.41. The molecule has 2 fully saturated rings. The fourth-order valence-corrected chi connectivity index (χ4v) is 5.86. The number of hydrogen-bond donors (Lipinski definition) is 0. The van der Waals surface area contributed by atoms with Gasteiger partial charge in [-0.05, 0) is 97.3 Å². The molecule has 190 valence electrons. The van der Waals surface area contributed by atoms with Gasteiger partial charge in [0.2, 0.25) is 6.17 Å². The smallest absolute Gasteiger partial charge is 0.313 e. The highest BCUT2D eigenvalue weighted by Crippen LogP contribution is 2.40. The van der Waals surface area contributed by atoms with E-state index in [1.807, 2.05) is 42.5 Å². The standard InChI is InChI=1S/C31H39F3O/c1-3-22-5-11-25(12-6-22)27-15-9-24(10-16-27)21-35-31(33,34)30(32)29-19-17-28(18-20-29)26-13-7-23(4-2)8-14-26/h3,9-10,15-20,22-23,25-26,30H,1,4-8,11-14,21H2,2H3. The number of hydrogen-bond acceptors (Lipinski definition) is 1. The van der Waals surface area contributed by atoms with Gasteiger partial charge in [-0.25, -0.2) is 4.39 Å². The fraction of sp³-hybridized carbons (Fsp3) is 0.548. The van der Waals surface area contributed by atoms with Crippen molar-refractivity contribution in [2.45, 2.75) is 95.4 Å². The van der Waals surface area contributed by atoms with Crippen LogP contribution in [0.1, 0.15) is 105 Å². The van der Waals surface area contributed by atoms with Gasteiger partial charge in [-0.2, -0.15) is 8.78 Å². The molecule has 0 radical (unpaired) electrons. The van der Waals surface area contributed by atoms with Crippen LogP contribution >= 0.6 is 0 Å². The van der Waals surface area contributed by atoms with Gasteiger partial charge in [0.15, 0.2) is 0 Å². The first kappa shape index (κ1) is 26.0. The molecule has 35 heavy (non-hydrogen) atoms. The molecule has 0 aromatic heterocycles. The average molecular weight is 485 g/mol. The van der Waals surface area contributed by atoms with E-state index in [4.69, 9.17) is 4.74 Å². The molecule has 2 aromatic carbocycles. The summed E-state index contributed by atoms with van der Waals surface area (Å²) in [5.74, 6) is 2.35. The molecular formula is C31H39F3O. The van der Waals surface area contributed by atoms with Crippen molar-refractivity contribution in [1.82, 2.24) is 0 Å². The molecule has 1 atom stereocenters. The van der Waals surface area contributed by atoms with Crippen molar-refractivity contribution in [2.24, 2.45) is 11.8 Å². The van der Waals surface area contributed by atoms with Gasteiger partial charge < -0.3 is 4.74 Å². The summed E-state index contributed by atoms with van der Waals surface area (Å²) in [6, 6.07) is 14.3. The lowest BCUT2D eigenvalue weighted by Gasteiger charge is -2.28. The molecule has 2 saturated carbocycles. The lowest BCUT2D eigenvalue weighted by atomic mass is 9.78. The minimum absolute atomic E-state index is 0.0357. The van der Waals surface area contributed by atoms with Crippen molar-refractivity contribution < 1.29 is 17.9 Å². The second kappa shape index (κ2) is 11.8. The summed E-state index contributed by atoms with van der Waals surface area (Å²) in [7, 11) is 0. The van der Waals surface area contributed by atoms with Gasteiger partial charge in [-0.15, -0.1) is 6.58 Å². The lowest BCUT2D eigenvalue weighted by molar-refractivity contribution is -0.282. The number of alkyl halides is 3. The van der Waals surface area contributed by atoms with Gasteiger partial charge in [0.1, 0.15) is 0 Å². The Morgan fingerprint density at radius 3 is 1.89 bits per heavy atom. The van der Waals surface area contributed by atoms with Crippen LogP contribution in [0.25, 0.3) is 0 Å². The van der Waals surface area contributed by atoms with Crippen molar-refractivity contribution in [2.75, 3.05) is 0 Å². The van der Waals surface area contributed by atoms with Crippen LogP contribution in [0, 0.1) is 11.8 Å². The summed E-state index contributed by atoms with van der Waals surface area (Å²) in [4.78, 5) is 0. The topological polar surface area (TPSA) is 9.23 Å². The third-order valence-corrected chi connectivity index (χ3v) is 8.41. The van der Waals surface area contributed by atoms with Crippen molar-refractivity contribution in [3.63, 3.8) is 0 Å². The minimum Gasteiger partial charge on any atom is -0.313 e. The molecule has 4 heteroatoms. The molecule has 0 spiro atoms. The van der Waals surface area contributed by atoms with Gasteiger partial charge in [-0.3, -0.25) is 0 Å². The zero-order chi connectivity index (χ0) is 24.8. The summed E-state index contributed by atoms with van der Waals surface area (Å²) in [6.07, 6.45) is 6.04. The molecule has 1 nitrogen and oxygen atoms in total. The zero-order valence-electron chi connectivity index (χ0n) is 20.9. The monoisotopic (exact) mass is 484 g/mol. The van der Waals surface area contributed by atoms with Crippen LogP contribution in [0.5, 0.6) is 0 Å². The van der Waals surface area contributed by atoms with Gasteiger partial charge in [0.25, 0.3) is 0 Å². The highest BCUT2D eigenvalue weighted by Gasteiger charge is 2.43. The zero-order valence-corrected chi connectivity index (χ0v) is 20.9. The number of allylic oxidation sites excluding steroid dienone is 1. The SMILES string of the molecule is C=CC1CCC(c2ccc(COC(F)(F)C(F)c3ccc(C4CCC(CC)CC4)cc3)cc2)CC1. The van der Waals surface area contributed by atoms with Gasteiger partial charge >= 0.3 is 6.11 Å². The highest BCUT2D eigenvalue weighted by molar-refractivity contribution is 5.28. The Morgan fingerprint density at radius 1 is 0.857 bits per heavy atom. The van der Waals surface area contributed by atoms with E-state index in [0.29, 0.717) is 23.3 Å². The first-order valence-corrected chi connectivity index (χ1v) is 13.4. The predicted molar refractivity (Wildman–Crippen MR) is 136 cm³/mol. The summed E-state index contributed by atoms with van der Waals surface area (Å²) < 4.78 is 48.7. The molecule has 0 N–H and O–H groups in total. The van der Waals surface area contributed by atoms with E-state index < -0.39 is 12.3 Å². The fourth-order valence-electron chi connectivity index (χ4n) is 5.86. The molecule has 4 rings (SSSR count). The third kappa shape index (κ3) is 6.58. The Labute approximate surface area is 208 Å². The average Bonchev–Trinajstić information content (AvgIpc) is 2.92. The maximum absolute atomic E-state index is 14.8. The van der Waals surface area contributed by atoms with Crippen molar-refractivity contribution in [3.05, 3.63) is 83.4 Å². The van der Waals surface area contributed by atoms with Crippen LogP contribution in [-0.2, 0) is 11.3 Å². The van der Waals surface area contributed by atoms with Crippen LogP contribution in [0.15, 0.2) is 61.2 Å². The predicted octanol–water partition coefficient (Wildman–Crippen LogP) is 9.65. The van der Waals surface area contributed by atoms with Crippen LogP contribution in [-0.4, -0.2) is 6.11 Å². The molecule has 0 bridgehead atoms. The minimum atomic E-state index is -3.89. The molecule has 0 amide bonds. The second-order valence-corrected chi connectivity index (χ2v) is 10.6. The van der Waals surface area contributed by atoms with Crippen molar-refractivity contribution in [1.29, 1.82) is 0 Å². The maximum atomic E-state index is 14.8. The number of halogens is 3. The van der Waals surface area contributed by atoms with E-state index in [1.54, 1.807) is 0 Å². The Hall–Kier alpha value is -2.07. The second-order valence-electron chi connectivity index (χ2n) is 10.6. The molecule has 0 aliphatic heterocycles. The van der Waals surface area contributed by atoms with Crippen LogP contribution in [0.2, 0.25) is 0 Å². The molecule has 2 aliphatic carbocycles. The quantitative estimate of drug-likeness (QED) is 0.322. The Balaban J connectivity index is 1.29. The Kier molecular flexibility index (Phi) is 8.75. The van der Waals surface area contributed by atoms with Gasteiger partial charge in [-0.1, -0.05) is 68.0 Å². The molecular weight excluding hydrogens is 445 g/mol. The van der Waals surface area contributed by atoms with Crippen molar-refractivity contribution >= 4 is 0 Å². The van der Waals surface area contributed by atoms with Crippen LogP contribution < -0.4 is 0 Å². The van der Waals surface area contributed by atoms with Crippen LogP contribution in [0.3, 0.4) is 0 Å². The van der Waals surface area contributed by atoms with E-state index in [0.717, 1.165) is 50.0 Å². The summed E-state index contributed by atoms with van der Waals surface area (Å²) in [5, 5.41) is 0. The summed E-state index contributed by atoms with van der Waals surface area (Å²) >= 11 is 0. The largest absolute Gasteiger partial charge is 0.391 e. The van der Waals surface area contributed by atoms with Gasteiger partial charge in [0.05, 0.1) is 6.61 Å². The van der Waals surface area contributed by atoms with E-state index in [2.05, 4.69) is 13.5 Å². The van der Waals surface area contributed by atoms with E-state index >= 15 is 0 Å². The molecule has 2 aliphatic rings. The Bertz CT molecular complexity index is 921. The molecule has 1 unspecified atom stereocenters. The molecule has 2 aromatic rings. The highest BCUT2D eigenvalue weighted by atomic mass is 19.3. The molecule has 0 saturated heterocycles. The maximum Gasteiger partial charge on any atom is 0.391 e. The number of rotatable bonds is 9. The van der Waals surface area contributed by atoms with Crippen molar-refractivity contribution in [3.8, 4) is 0 Å². The first-order chi connectivity index (χ1) is 16.9. The van der Waals surface area contributed by atoms with E-state index in [-0.39, 0.29) is 12.2 Å². The summed E-state index contributed by atoms with van der Waals surface area (Å²) in [5.41, 5.74) is 2.94. The number of benzene rings is 2. The van der Waals surface area contributed by atoms with Gasteiger partial charge in [0, 0.05) is 0 Å². The molecule has 0 heterocycles. The Morgan fingerprint density at radius 2 is 1.37 bits per heavy atom. The van der Waals surface area contributed by atoms with E-state index in [9.17, 15) is 13.2 Å². The van der Waals surface area contributed by atoms with Crippen LogP contribution in [0.4, 0.5) is 13.2 Å². The van der Waals surface area contributed by atoms with E-state index in [1.165, 1.54) is 37.0 Å². The lowest BCUT2D eigenvalue weighted by Crippen LogP contribution is -2.27. The normalized spacial score (nSPS) is 26.3.